The van der Waals surface area contributed by atoms with Gasteiger partial charge in [0.1, 0.15) is 12.4 Å². The van der Waals surface area contributed by atoms with Gasteiger partial charge in [0.2, 0.25) is 0 Å². The molecule has 76 valence electrons. The smallest absolute Gasteiger partial charge is 0.124 e. The van der Waals surface area contributed by atoms with Crippen LogP contribution in [0.4, 0.5) is 0 Å². The zero-order valence-electron chi connectivity index (χ0n) is 8.11. The van der Waals surface area contributed by atoms with Gasteiger partial charge in [0.25, 0.3) is 0 Å². The Kier molecular flexibility index (Phi) is 4.50. The topological polar surface area (TPSA) is 35.2 Å². The van der Waals surface area contributed by atoms with Gasteiger partial charge < -0.3 is 10.5 Å². The monoisotopic (exact) mass is 211 g/mol. The fourth-order valence-electron chi connectivity index (χ4n) is 1.16. The fourth-order valence-corrected chi connectivity index (χ4v) is 1.24. The van der Waals surface area contributed by atoms with E-state index in [1.54, 1.807) is 6.08 Å². The minimum atomic E-state index is -0.0221. The van der Waals surface area contributed by atoms with E-state index in [1.165, 1.54) is 5.54 Å². The van der Waals surface area contributed by atoms with Crippen molar-refractivity contribution in [2.24, 2.45) is 5.73 Å². The molecule has 1 aromatic rings. The van der Waals surface area contributed by atoms with Crippen LogP contribution in [0.25, 0.3) is 0 Å². The summed E-state index contributed by atoms with van der Waals surface area (Å²) in [7, 11) is 0. The summed E-state index contributed by atoms with van der Waals surface area (Å²) in [5, 5.41) is 0. The standard InChI is InChI=1S/C11H14ClNO/c1-9(13)10-5-2-3-6-11(10)14-8-4-7-12/h2-7,9H,8,13H2,1H3/t9-/m1/s1. The highest BCUT2D eigenvalue weighted by Gasteiger charge is 2.05. The van der Waals surface area contributed by atoms with E-state index in [-0.39, 0.29) is 6.04 Å². The second kappa shape index (κ2) is 5.68. The summed E-state index contributed by atoms with van der Waals surface area (Å²) in [6.45, 7) is 2.40. The van der Waals surface area contributed by atoms with E-state index < -0.39 is 0 Å². The highest BCUT2D eigenvalue weighted by Crippen LogP contribution is 2.22. The van der Waals surface area contributed by atoms with Crippen molar-refractivity contribution in [3.63, 3.8) is 0 Å². The minimum Gasteiger partial charge on any atom is -0.489 e. The lowest BCUT2D eigenvalue weighted by Gasteiger charge is -2.12. The lowest BCUT2D eigenvalue weighted by atomic mass is 10.1. The Balaban J connectivity index is 2.74. The maximum absolute atomic E-state index is 5.79. The predicted octanol–water partition coefficient (Wildman–Crippen LogP) is 2.84. The molecule has 1 rings (SSSR count). The number of halogens is 1. The molecule has 0 fully saturated rings. The van der Waals surface area contributed by atoms with Gasteiger partial charge in [-0.1, -0.05) is 29.8 Å². The zero-order chi connectivity index (χ0) is 10.4. The Morgan fingerprint density at radius 1 is 1.50 bits per heavy atom. The molecule has 2 nitrogen and oxygen atoms in total. The van der Waals surface area contributed by atoms with Crippen LogP contribution in [-0.4, -0.2) is 6.61 Å². The summed E-state index contributed by atoms with van der Waals surface area (Å²) in [6.07, 6.45) is 1.74. The van der Waals surface area contributed by atoms with E-state index in [1.807, 2.05) is 31.2 Å². The molecule has 0 aliphatic heterocycles. The van der Waals surface area contributed by atoms with E-state index in [9.17, 15) is 0 Å². The average molecular weight is 212 g/mol. The number of hydrogen-bond acceptors (Lipinski definition) is 2. The quantitative estimate of drug-likeness (QED) is 0.831. The third-order valence-corrected chi connectivity index (χ3v) is 2.01. The van der Waals surface area contributed by atoms with Gasteiger partial charge >= 0.3 is 0 Å². The molecule has 0 spiro atoms. The van der Waals surface area contributed by atoms with Crippen LogP contribution >= 0.6 is 11.6 Å². The lowest BCUT2D eigenvalue weighted by molar-refractivity contribution is 0.357. The van der Waals surface area contributed by atoms with Crippen LogP contribution in [0.3, 0.4) is 0 Å². The van der Waals surface area contributed by atoms with Crippen molar-refractivity contribution in [1.29, 1.82) is 0 Å². The van der Waals surface area contributed by atoms with Gasteiger partial charge in [0.05, 0.1) is 0 Å². The molecule has 0 radical (unpaired) electrons. The summed E-state index contributed by atoms with van der Waals surface area (Å²) in [5.74, 6) is 0.817. The molecule has 1 aromatic carbocycles. The molecule has 0 aliphatic rings. The number of hydrogen-bond donors (Lipinski definition) is 1. The van der Waals surface area contributed by atoms with Crippen molar-refractivity contribution in [2.75, 3.05) is 6.61 Å². The van der Waals surface area contributed by atoms with Crippen LogP contribution in [0.2, 0.25) is 0 Å². The Morgan fingerprint density at radius 3 is 2.86 bits per heavy atom. The van der Waals surface area contributed by atoms with Crippen molar-refractivity contribution < 1.29 is 4.74 Å². The van der Waals surface area contributed by atoms with Crippen molar-refractivity contribution in [1.82, 2.24) is 0 Å². The van der Waals surface area contributed by atoms with Gasteiger partial charge in [-0.3, -0.25) is 0 Å². The van der Waals surface area contributed by atoms with Gasteiger partial charge in [0.15, 0.2) is 0 Å². The van der Waals surface area contributed by atoms with Gasteiger partial charge in [-0.15, -0.1) is 0 Å². The van der Waals surface area contributed by atoms with Crippen LogP contribution in [0.15, 0.2) is 35.9 Å². The molecular weight excluding hydrogens is 198 g/mol. The van der Waals surface area contributed by atoms with Gasteiger partial charge in [-0.2, -0.15) is 0 Å². The summed E-state index contributed by atoms with van der Waals surface area (Å²) < 4.78 is 5.49. The minimum absolute atomic E-state index is 0.0221. The van der Waals surface area contributed by atoms with E-state index in [2.05, 4.69) is 0 Å². The Morgan fingerprint density at radius 2 is 2.21 bits per heavy atom. The molecule has 1 atom stereocenters. The number of para-hydroxylation sites is 1. The SMILES string of the molecule is C[C@@H](N)c1ccccc1OCC=CCl. The molecular formula is C11H14ClNO. The van der Waals surface area contributed by atoms with E-state index >= 15 is 0 Å². The van der Waals surface area contributed by atoms with Gasteiger partial charge in [-0.25, -0.2) is 0 Å². The normalized spacial score (nSPS) is 13.1. The van der Waals surface area contributed by atoms with Crippen LogP contribution < -0.4 is 10.5 Å². The van der Waals surface area contributed by atoms with E-state index in [0.29, 0.717) is 6.61 Å². The summed E-state index contributed by atoms with van der Waals surface area (Å²) in [6, 6.07) is 7.71. The molecule has 0 amide bonds. The second-order valence-electron chi connectivity index (χ2n) is 3.00. The largest absolute Gasteiger partial charge is 0.489 e. The summed E-state index contributed by atoms with van der Waals surface area (Å²) in [5.41, 5.74) is 8.24. The molecule has 0 unspecified atom stereocenters. The number of rotatable bonds is 4. The number of benzene rings is 1. The van der Waals surface area contributed by atoms with Gasteiger partial charge in [0, 0.05) is 17.1 Å². The molecule has 0 saturated heterocycles. The van der Waals surface area contributed by atoms with Crippen LogP contribution in [-0.2, 0) is 0 Å². The molecule has 0 aliphatic carbocycles. The highest BCUT2D eigenvalue weighted by molar-refractivity contribution is 6.25. The maximum Gasteiger partial charge on any atom is 0.124 e. The lowest BCUT2D eigenvalue weighted by Crippen LogP contribution is -2.07. The summed E-state index contributed by atoms with van der Waals surface area (Å²) >= 11 is 5.38. The molecule has 14 heavy (non-hydrogen) atoms. The Labute approximate surface area is 89.3 Å². The fraction of sp³-hybridized carbons (Fsp3) is 0.273. The molecule has 0 saturated carbocycles. The molecule has 0 heterocycles. The first-order valence-electron chi connectivity index (χ1n) is 4.48. The van der Waals surface area contributed by atoms with Crippen molar-refractivity contribution in [3.8, 4) is 5.75 Å². The average Bonchev–Trinajstić information content (AvgIpc) is 2.19. The molecule has 0 aromatic heterocycles. The highest BCUT2D eigenvalue weighted by atomic mass is 35.5. The number of nitrogens with two attached hydrogens (primary N) is 1. The van der Waals surface area contributed by atoms with E-state index in [0.717, 1.165) is 11.3 Å². The van der Waals surface area contributed by atoms with Crippen molar-refractivity contribution in [3.05, 3.63) is 41.4 Å². The van der Waals surface area contributed by atoms with Crippen molar-refractivity contribution >= 4 is 11.6 Å². The molecule has 2 N–H and O–H groups in total. The third-order valence-electron chi connectivity index (χ3n) is 1.83. The zero-order valence-corrected chi connectivity index (χ0v) is 8.87. The Bertz CT molecular complexity index is 310. The predicted molar refractivity (Wildman–Crippen MR) is 59.5 cm³/mol. The van der Waals surface area contributed by atoms with Crippen LogP contribution in [0, 0.1) is 0 Å². The third kappa shape index (κ3) is 3.05. The first kappa shape index (κ1) is 11.1. The van der Waals surface area contributed by atoms with Crippen LogP contribution in [0.5, 0.6) is 5.75 Å². The van der Waals surface area contributed by atoms with Crippen molar-refractivity contribution in [2.45, 2.75) is 13.0 Å². The maximum atomic E-state index is 5.79. The van der Waals surface area contributed by atoms with Gasteiger partial charge in [-0.05, 0) is 19.1 Å². The first-order valence-corrected chi connectivity index (χ1v) is 4.92. The molecule has 3 heteroatoms. The summed E-state index contributed by atoms with van der Waals surface area (Å²) in [4.78, 5) is 0. The van der Waals surface area contributed by atoms with Crippen LogP contribution in [0.1, 0.15) is 18.5 Å². The molecule has 0 bridgehead atoms. The Hall–Kier alpha value is -0.990. The first-order chi connectivity index (χ1) is 6.75. The number of ether oxygens (including phenoxy) is 1. The second-order valence-corrected chi connectivity index (χ2v) is 3.25. The van der Waals surface area contributed by atoms with E-state index in [4.69, 9.17) is 22.1 Å².